The van der Waals surface area contributed by atoms with Crippen LogP contribution in [-0.4, -0.2) is 48.2 Å². The van der Waals surface area contributed by atoms with Crippen LogP contribution in [0.4, 0.5) is 5.69 Å². The molecule has 0 radical (unpaired) electrons. The molecule has 1 rings (SSSR count). The van der Waals surface area contributed by atoms with Crippen molar-refractivity contribution in [1.29, 1.82) is 0 Å². The average Bonchev–Trinajstić information content (AvgIpc) is 2.59. The number of benzene rings is 1. The number of anilines is 1. The van der Waals surface area contributed by atoms with Crippen molar-refractivity contribution in [1.82, 2.24) is 4.90 Å². The van der Waals surface area contributed by atoms with E-state index in [1.165, 1.54) is 5.96 Å². The smallest absolute Gasteiger partial charge is 0.265 e. The zero-order valence-corrected chi connectivity index (χ0v) is 16.5. The molecule has 0 unspecified atom stereocenters. The predicted molar refractivity (Wildman–Crippen MR) is 107 cm³/mol. The van der Waals surface area contributed by atoms with Gasteiger partial charge in [0.1, 0.15) is 5.69 Å². The number of nitrogens with zero attached hydrogens (tertiary/aromatic N) is 3. The van der Waals surface area contributed by atoms with E-state index in [4.69, 9.17) is 11.6 Å². The molecule has 0 N–H and O–H groups in total. The predicted octanol–water partition coefficient (Wildman–Crippen LogP) is 4.86. The Balaban J connectivity index is 3.46. The minimum absolute atomic E-state index is 0.765. The van der Waals surface area contributed by atoms with Gasteiger partial charge in [0.05, 0.1) is 32.7 Å². The molecule has 3 nitrogen and oxygen atoms in total. The van der Waals surface area contributed by atoms with Crippen molar-refractivity contribution < 1.29 is 4.58 Å². The second kappa shape index (κ2) is 11.1. The first-order valence-corrected chi connectivity index (χ1v) is 9.51. The van der Waals surface area contributed by atoms with Crippen molar-refractivity contribution in [2.75, 3.05) is 37.6 Å². The first kappa shape index (κ1) is 20.6. The van der Waals surface area contributed by atoms with Gasteiger partial charge in [0, 0.05) is 5.02 Å². The summed E-state index contributed by atoms with van der Waals surface area (Å²) >= 11 is 6.09. The van der Waals surface area contributed by atoms with Crippen molar-refractivity contribution in [2.24, 2.45) is 0 Å². The van der Waals surface area contributed by atoms with E-state index in [1.807, 2.05) is 18.2 Å². The van der Waals surface area contributed by atoms with E-state index >= 15 is 0 Å². The summed E-state index contributed by atoms with van der Waals surface area (Å²) in [6.45, 7) is 17.7. The molecule has 0 fully saturated rings. The molecule has 0 aliphatic carbocycles. The molecule has 0 spiro atoms. The number of hydrogen-bond donors (Lipinski definition) is 0. The maximum Gasteiger partial charge on any atom is 0.355 e. The Morgan fingerprint density at radius 3 is 2.00 bits per heavy atom. The van der Waals surface area contributed by atoms with Gasteiger partial charge in [-0.2, -0.15) is 0 Å². The van der Waals surface area contributed by atoms with Crippen LogP contribution in [0.3, 0.4) is 0 Å². The number of guanidine groups is 1. The van der Waals surface area contributed by atoms with Crippen LogP contribution >= 0.6 is 11.6 Å². The van der Waals surface area contributed by atoms with Gasteiger partial charge in [-0.05, 0) is 51.0 Å². The molecule has 0 aromatic heterocycles. The SMILES string of the molecule is C=CCN(C(N(CC)CC)=[N+](CCC)CCC)c1ccc(Cl)cc1. The van der Waals surface area contributed by atoms with E-state index in [1.54, 1.807) is 0 Å². The molecular formula is C20H33ClN3+. The van der Waals surface area contributed by atoms with E-state index < -0.39 is 0 Å². The second-order valence-corrected chi connectivity index (χ2v) is 6.27. The van der Waals surface area contributed by atoms with Crippen LogP contribution in [-0.2, 0) is 0 Å². The third-order valence-electron chi connectivity index (χ3n) is 4.01. The lowest BCUT2D eigenvalue weighted by molar-refractivity contribution is -0.533. The van der Waals surface area contributed by atoms with Crippen molar-refractivity contribution in [3.63, 3.8) is 0 Å². The number of hydrogen-bond acceptors (Lipinski definition) is 0. The number of rotatable bonds is 9. The lowest BCUT2D eigenvalue weighted by atomic mass is 10.2. The fraction of sp³-hybridized carbons (Fsp3) is 0.550. The molecule has 0 saturated heterocycles. The Bertz CT molecular complexity index is 510. The highest BCUT2D eigenvalue weighted by atomic mass is 35.5. The molecular weight excluding hydrogens is 318 g/mol. The first-order valence-electron chi connectivity index (χ1n) is 9.13. The highest BCUT2D eigenvalue weighted by Crippen LogP contribution is 2.20. The van der Waals surface area contributed by atoms with Crippen molar-refractivity contribution in [3.8, 4) is 0 Å². The minimum atomic E-state index is 0.765. The summed E-state index contributed by atoms with van der Waals surface area (Å²) < 4.78 is 2.51. The molecule has 134 valence electrons. The monoisotopic (exact) mass is 350 g/mol. The Morgan fingerprint density at radius 1 is 1.04 bits per heavy atom. The van der Waals surface area contributed by atoms with Gasteiger partial charge in [0.2, 0.25) is 0 Å². The number of halogens is 1. The zero-order valence-electron chi connectivity index (χ0n) is 15.8. The topological polar surface area (TPSA) is 9.49 Å². The van der Waals surface area contributed by atoms with Crippen molar-refractivity contribution >= 4 is 23.2 Å². The van der Waals surface area contributed by atoms with Crippen LogP contribution in [0.15, 0.2) is 36.9 Å². The molecule has 0 aliphatic rings. The van der Waals surface area contributed by atoms with Crippen molar-refractivity contribution in [3.05, 3.63) is 41.9 Å². The lowest BCUT2D eigenvalue weighted by Gasteiger charge is -2.29. The molecule has 24 heavy (non-hydrogen) atoms. The largest absolute Gasteiger partial charge is 0.355 e. The Kier molecular flexibility index (Phi) is 9.55. The van der Waals surface area contributed by atoms with Crippen LogP contribution in [0.2, 0.25) is 5.02 Å². The van der Waals surface area contributed by atoms with Gasteiger partial charge in [0.15, 0.2) is 0 Å². The summed E-state index contributed by atoms with van der Waals surface area (Å²) in [4.78, 5) is 4.78. The van der Waals surface area contributed by atoms with Gasteiger partial charge < -0.3 is 0 Å². The van der Waals surface area contributed by atoms with Crippen molar-refractivity contribution in [2.45, 2.75) is 40.5 Å². The normalized spacial score (nSPS) is 10.4. The minimum Gasteiger partial charge on any atom is -0.265 e. The summed E-state index contributed by atoms with van der Waals surface area (Å²) in [6.07, 6.45) is 4.23. The molecule has 0 saturated carbocycles. The maximum atomic E-state index is 6.09. The summed E-state index contributed by atoms with van der Waals surface area (Å²) in [5.74, 6) is 1.27. The van der Waals surface area contributed by atoms with Gasteiger partial charge in [0.25, 0.3) is 0 Å². The molecule has 1 aromatic rings. The van der Waals surface area contributed by atoms with Gasteiger partial charge in [-0.25, -0.2) is 4.90 Å². The van der Waals surface area contributed by atoms with Crippen LogP contribution in [0.5, 0.6) is 0 Å². The second-order valence-electron chi connectivity index (χ2n) is 5.84. The maximum absolute atomic E-state index is 6.09. The fourth-order valence-corrected chi connectivity index (χ4v) is 3.08. The van der Waals surface area contributed by atoms with Crippen LogP contribution in [0, 0.1) is 0 Å². The lowest BCUT2D eigenvalue weighted by Crippen LogP contribution is -2.50. The highest BCUT2D eigenvalue weighted by molar-refractivity contribution is 6.30. The van der Waals surface area contributed by atoms with Crippen LogP contribution in [0.1, 0.15) is 40.5 Å². The quantitative estimate of drug-likeness (QED) is 0.272. The summed E-state index contributed by atoms with van der Waals surface area (Å²) in [6, 6.07) is 8.09. The Labute approximate surface area is 153 Å². The van der Waals surface area contributed by atoms with E-state index in [0.29, 0.717) is 0 Å². The molecule has 0 bridgehead atoms. The summed E-state index contributed by atoms with van der Waals surface area (Å²) in [5, 5.41) is 0.765. The molecule has 0 heterocycles. The third-order valence-corrected chi connectivity index (χ3v) is 4.26. The molecule has 1 aromatic carbocycles. The standard InChI is InChI=1S/C20H33ClN3/c1-6-15-23(16-7-2)20(22(9-4)10-5)24(17-8-3)19-13-11-18(21)12-14-19/h8,11-14H,3,6-7,9-10,15-17H2,1-2,4-5H3/q+1. The van der Waals surface area contributed by atoms with Gasteiger partial charge in [-0.15, -0.1) is 0 Å². The summed E-state index contributed by atoms with van der Waals surface area (Å²) in [5.41, 5.74) is 1.15. The molecule has 0 atom stereocenters. The van der Waals surface area contributed by atoms with E-state index in [9.17, 15) is 0 Å². The average molecular weight is 351 g/mol. The van der Waals surface area contributed by atoms with E-state index in [-0.39, 0.29) is 0 Å². The summed E-state index contributed by atoms with van der Waals surface area (Å²) in [7, 11) is 0. The van der Waals surface area contributed by atoms with Crippen LogP contribution < -0.4 is 4.90 Å². The van der Waals surface area contributed by atoms with Gasteiger partial charge >= 0.3 is 5.96 Å². The van der Waals surface area contributed by atoms with E-state index in [2.05, 4.69) is 60.8 Å². The Morgan fingerprint density at radius 2 is 1.58 bits per heavy atom. The molecule has 0 aliphatic heterocycles. The van der Waals surface area contributed by atoms with E-state index in [0.717, 1.165) is 56.3 Å². The highest BCUT2D eigenvalue weighted by Gasteiger charge is 2.28. The Hall–Kier alpha value is -1.48. The molecule has 0 amide bonds. The first-order chi connectivity index (χ1) is 11.6. The third kappa shape index (κ3) is 5.55. The fourth-order valence-electron chi connectivity index (χ4n) is 2.95. The van der Waals surface area contributed by atoms with Crippen LogP contribution in [0.25, 0.3) is 0 Å². The zero-order chi connectivity index (χ0) is 17.9. The van der Waals surface area contributed by atoms with Gasteiger partial charge in [-0.3, -0.25) is 9.48 Å². The van der Waals surface area contributed by atoms with Gasteiger partial charge in [-0.1, -0.05) is 38.1 Å². The molecule has 4 heteroatoms.